The molecular weight excluding hydrogens is 428 g/mol. The first-order chi connectivity index (χ1) is 15.4. The van der Waals surface area contributed by atoms with Gasteiger partial charge in [0.2, 0.25) is 11.8 Å². The van der Waals surface area contributed by atoms with Crippen molar-refractivity contribution in [1.29, 1.82) is 0 Å². The van der Waals surface area contributed by atoms with E-state index >= 15 is 0 Å². The molecule has 7 heteroatoms. The van der Waals surface area contributed by atoms with Crippen LogP contribution >= 0.6 is 11.6 Å². The Morgan fingerprint density at radius 1 is 1.16 bits per heavy atom. The number of hydrogen-bond acceptors (Lipinski definition) is 4. The van der Waals surface area contributed by atoms with Crippen molar-refractivity contribution in [2.75, 3.05) is 13.2 Å². The lowest BCUT2D eigenvalue weighted by molar-refractivity contribution is -0.142. The number of fused-ring (bicyclic) bond motifs is 2. The van der Waals surface area contributed by atoms with E-state index in [0.29, 0.717) is 55.7 Å². The van der Waals surface area contributed by atoms with E-state index in [1.807, 2.05) is 44.2 Å². The second kappa shape index (κ2) is 9.82. The standard InChI is InChI=1S/C25H29ClN2O4/c1-16(2)10-23(29)28-15-19-7-4-3-6-18(19)13-21(28)25(30)27-14-17-11-20(26)24-22(12-17)31-8-5-9-32-24/h3-4,6-7,11-12,16,21H,5,8-10,13-15H2,1-2H3,(H,27,30). The van der Waals surface area contributed by atoms with Crippen molar-refractivity contribution < 1.29 is 19.1 Å². The van der Waals surface area contributed by atoms with E-state index in [1.165, 1.54) is 0 Å². The molecule has 0 aliphatic carbocycles. The van der Waals surface area contributed by atoms with Crippen LogP contribution in [0.2, 0.25) is 5.02 Å². The van der Waals surface area contributed by atoms with Crippen molar-refractivity contribution in [2.45, 2.75) is 52.2 Å². The lowest BCUT2D eigenvalue weighted by Gasteiger charge is -2.36. The van der Waals surface area contributed by atoms with E-state index in [1.54, 1.807) is 11.0 Å². The number of amides is 2. The van der Waals surface area contributed by atoms with Gasteiger partial charge in [-0.3, -0.25) is 9.59 Å². The number of nitrogens with one attached hydrogen (secondary N) is 1. The molecule has 0 radical (unpaired) electrons. The molecule has 2 aliphatic rings. The van der Waals surface area contributed by atoms with Gasteiger partial charge in [0, 0.05) is 32.4 Å². The SMILES string of the molecule is CC(C)CC(=O)N1Cc2ccccc2CC1C(=O)NCc1cc(Cl)c2c(c1)OCCCO2. The highest BCUT2D eigenvalue weighted by atomic mass is 35.5. The molecule has 2 amide bonds. The number of ether oxygens (including phenoxy) is 2. The highest BCUT2D eigenvalue weighted by Crippen LogP contribution is 2.38. The molecule has 2 aliphatic heterocycles. The summed E-state index contributed by atoms with van der Waals surface area (Å²) in [4.78, 5) is 27.9. The number of carbonyl (C=O) groups is 2. The van der Waals surface area contributed by atoms with Crippen molar-refractivity contribution in [3.63, 3.8) is 0 Å². The van der Waals surface area contributed by atoms with Crippen LogP contribution in [0, 0.1) is 5.92 Å². The number of halogens is 1. The first-order valence-electron chi connectivity index (χ1n) is 11.1. The molecule has 0 bridgehead atoms. The van der Waals surface area contributed by atoms with Crippen LogP contribution in [-0.2, 0) is 29.1 Å². The average Bonchev–Trinajstić information content (AvgIpc) is 3.02. The molecule has 4 rings (SSSR count). The number of rotatable bonds is 5. The first-order valence-corrected chi connectivity index (χ1v) is 11.5. The van der Waals surface area contributed by atoms with Gasteiger partial charge in [0.05, 0.1) is 18.2 Å². The Balaban J connectivity index is 1.50. The van der Waals surface area contributed by atoms with Crippen LogP contribution in [0.25, 0.3) is 0 Å². The molecule has 0 fully saturated rings. The lowest BCUT2D eigenvalue weighted by Crippen LogP contribution is -2.52. The fourth-order valence-corrected chi connectivity index (χ4v) is 4.47. The number of nitrogens with zero attached hydrogens (tertiary/aromatic N) is 1. The van der Waals surface area contributed by atoms with E-state index < -0.39 is 6.04 Å². The Kier molecular flexibility index (Phi) is 6.89. The van der Waals surface area contributed by atoms with Crippen LogP contribution in [0.3, 0.4) is 0 Å². The first kappa shape index (κ1) is 22.5. The maximum Gasteiger partial charge on any atom is 0.243 e. The van der Waals surface area contributed by atoms with E-state index in [-0.39, 0.29) is 17.7 Å². The third-order valence-corrected chi connectivity index (χ3v) is 6.06. The predicted molar refractivity (Wildman–Crippen MR) is 123 cm³/mol. The van der Waals surface area contributed by atoms with Crippen molar-refractivity contribution in [2.24, 2.45) is 5.92 Å². The summed E-state index contributed by atoms with van der Waals surface area (Å²) < 4.78 is 11.4. The van der Waals surface area contributed by atoms with Gasteiger partial charge in [-0.15, -0.1) is 0 Å². The maximum atomic E-state index is 13.2. The van der Waals surface area contributed by atoms with Crippen LogP contribution < -0.4 is 14.8 Å². The van der Waals surface area contributed by atoms with Crippen molar-refractivity contribution in [3.8, 4) is 11.5 Å². The molecule has 170 valence electrons. The minimum atomic E-state index is -0.535. The summed E-state index contributed by atoms with van der Waals surface area (Å²) in [7, 11) is 0. The van der Waals surface area contributed by atoms with Crippen LogP contribution in [-0.4, -0.2) is 36.0 Å². The van der Waals surface area contributed by atoms with Crippen molar-refractivity contribution in [1.82, 2.24) is 10.2 Å². The molecular formula is C25H29ClN2O4. The van der Waals surface area contributed by atoms with Crippen molar-refractivity contribution in [3.05, 3.63) is 58.1 Å². The average molecular weight is 457 g/mol. The molecule has 2 aromatic rings. The molecule has 2 aromatic carbocycles. The highest BCUT2D eigenvalue weighted by molar-refractivity contribution is 6.32. The number of carbonyl (C=O) groups excluding carboxylic acids is 2. The minimum Gasteiger partial charge on any atom is -0.489 e. The van der Waals surface area contributed by atoms with Gasteiger partial charge in [-0.1, -0.05) is 49.7 Å². The molecule has 2 heterocycles. The van der Waals surface area contributed by atoms with Crippen LogP contribution in [0.5, 0.6) is 11.5 Å². The fourth-order valence-electron chi connectivity index (χ4n) is 4.18. The topological polar surface area (TPSA) is 67.9 Å². The quantitative estimate of drug-likeness (QED) is 0.735. The lowest BCUT2D eigenvalue weighted by atomic mass is 9.92. The van der Waals surface area contributed by atoms with Gasteiger partial charge < -0.3 is 19.7 Å². The van der Waals surface area contributed by atoms with E-state index in [2.05, 4.69) is 5.32 Å². The highest BCUT2D eigenvalue weighted by Gasteiger charge is 2.34. The molecule has 1 unspecified atom stereocenters. The van der Waals surface area contributed by atoms with Gasteiger partial charge in [0.25, 0.3) is 0 Å². The smallest absolute Gasteiger partial charge is 0.243 e. The van der Waals surface area contributed by atoms with E-state index in [0.717, 1.165) is 23.1 Å². The molecule has 0 saturated carbocycles. The Morgan fingerprint density at radius 3 is 2.69 bits per heavy atom. The molecule has 0 spiro atoms. The summed E-state index contributed by atoms with van der Waals surface area (Å²) in [6.45, 7) is 5.90. The summed E-state index contributed by atoms with van der Waals surface area (Å²) in [5.41, 5.74) is 3.03. The zero-order valence-electron chi connectivity index (χ0n) is 18.5. The predicted octanol–water partition coefficient (Wildman–Crippen LogP) is 4.12. The normalized spacial score (nSPS) is 17.5. The molecule has 6 nitrogen and oxygen atoms in total. The van der Waals surface area contributed by atoms with Gasteiger partial charge in [-0.25, -0.2) is 0 Å². The Morgan fingerprint density at radius 2 is 1.91 bits per heavy atom. The van der Waals surface area contributed by atoms with E-state index in [9.17, 15) is 9.59 Å². The van der Waals surface area contributed by atoms with Gasteiger partial charge in [-0.05, 0) is 34.7 Å². The zero-order valence-corrected chi connectivity index (χ0v) is 19.3. The third kappa shape index (κ3) is 5.01. The van der Waals surface area contributed by atoms with Gasteiger partial charge in [0.15, 0.2) is 11.5 Å². The minimum absolute atomic E-state index is 0.00766. The van der Waals surface area contributed by atoms with Crippen LogP contribution in [0.1, 0.15) is 43.4 Å². The van der Waals surface area contributed by atoms with Crippen molar-refractivity contribution >= 4 is 23.4 Å². The number of hydrogen-bond donors (Lipinski definition) is 1. The summed E-state index contributed by atoms with van der Waals surface area (Å²) in [5.74, 6) is 1.22. The molecule has 1 N–H and O–H groups in total. The second-order valence-electron chi connectivity index (χ2n) is 8.78. The molecule has 0 aromatic heterocycles. The zero-order chi connectivity index (χ0) is 22.7. The Labute approximate surface area is 193 Å². The monoisotopic (exact) mass is 456 g/mol. The van der Waals surface area contributed by atoms with Crippen LogP contribution in [0.15, 0.2) is 36.4 Å². The third-order valence-electron chi connectivity index (χ3n) is 5.78. The molecule has 1 atom stereocenters. The molecule has 0 saturated heterocycles. The van der Waals surface area contributed by atoms with Gasteiger partial charge >= 0.3 is 0 Å². The molecule has 32 heavy (non-hydrogen) atoms. The van der Waals surface area contributed by atoms with Crippen LogP contribution in [0.4, 0.5) is 0 Å². The number of benzene rings is 2. The summed E-state index contributed by atoms with van der Waals surface area (Å²) in [6.07, 6.45) is 1.72. The Bertz CT molecular complexity index is 1010. The summed E-state index contributed by atoms with van der Waals surface area (Å²) in [6, 6.07) is 11.1. The fraction of sp³-hybridized carbons (Fsp3) is 0.440. The van der Waals surface area contributed by atoms with Gasteiger partial charge in [-0.2, -0.15) is 0 Å². The van der Waals surface area contributed by atoms with E-state index in [4.69, 9.17) is 21.1 Å². The largest absolute Gasteiger partial charge is 0.489 e. The van der Waals surface area contributed by atoms with Gasteiger partial charge in [0.1, 0.15) is 6.04 Å². The summed E-state index contributed by atoms with van der Waals surface area (Å²) in [5, 5.41) is 3.47. The Hall–Kier alpha value is -2.73. The second-order valence-corrected chi connectivity index (χ2v) is 9.19. The summed E-state index contributed by atoms with van der Waals surface area (Å²) >= 11 is 6.38. The maximum absolute atomic E-state index is 13.2.